The Morgan fingerprint density at radius 3 is 0.592 bits per heavy atom. The van der Waals surface area contributed by atoms with Crippen LogP contribution >= 0.6 is 0 Å². The van der Waals surface area contributed by atoms with Crippen LogP contribution in [0.15, 0.2) is 24.3 Å². The fourth-order valence-electron chi connectivity index (χ4n) is 3.15. The maximum Gasteiger partial charge on any atom is 0.0518 e. The molecule has 0 amide bonds. The van der Waals surface area contributed by atoms with Crippen LogP contribution in [-0.4, -0.2) is 25.9 Å². The second-order valence-electron chi connectivity index (χ2n) is 18.6. The minimum atomic E-state index is 0.386. The Morgan fingerprint density at radius 2 is 0.490 bits per heavy atom. The first-order valence-electron chi connectivity index (χ1n) is 20.8. The molecule has 49 heavy (non-hydrogen) atoms. The normalized spacial score (nSPS) is 11.6. The molecule has 0 spiro atoms. The van der Waals surface area contributed by atoms with Crippen LogP contribution in [0, 0.1) is 65.1 Å². The number of rotatable bonds is 17. The molecule has 0 aliphatic heterocycles. The molecule has 302 valence electrons. The van der Waals surface area contributed by atoms with Crippen molar-refractivity contribution in [3.63, 3.8) is 0 Å². The molecule has 2 nitrogen and oxygen atoms in total. The van der Waals surface area contributed by atoms with Crippen LogP contribution in [0.5, 0.6) is 0 Å². The van der Waals surface area contributed by atoms with Gasteiger partial charge in [0.1, 0.15) is 0 Å². The van der Waals surface area contributed by atoms with Gasteiger partial charge in [-0.2, -0.15) is 0 Å². The zero-order chi connectivity index (χ0) is 40.1. The van der Waals surface area contributed by atoms with Crippen LogP contribution in [0.4, 0.5) is 0 Å². The minimum absolute atomic E-state index is 0.386. The van der Waals surface area contributed by atoms with Crippen molar-refractivity contribution in [2.45, 2.75) is 198 Å². The molecule has 0 heterocycles. The van der Waals surface area contributed by atoms with Crippen molar-refractivity contribution in [1.29, 1.82) is 0 Å². The van der Waals surface area contributed by atoms with Gasteiger partial charge in [-0.25, -0.2) is 0 Å². The van der Waals surface area contributed by atoms with Gasteiger partial charge in [0.15, 0.2) is 0 Å². The maximum atomic E-state index is 5.36. The van der Waals surface area contributed by atoms with Gasteiger partial charge in [-0.1, -0.05) is 202 Å². The zero-order valence-corrected chi connectivity index (χ0v) is 39.0. The van der Waals surface area contributed by atoms with Gasteiger partial charge in [0.05, 0.1) is 6.10 Å². The molecule has 0 aromatic heterocycles. The molecule has 0 saturated heterocycles. The Bertz CT molecular complexity index is 504. The quantitative estimate of drug-likeness (QED) is 0.141. The number of ether oxygens (including phenoxy) is 2. The van der Waals surface area contributed by atoms with E-state index in [2.05, 4.69) is 190 Å². The van der Waals surface area contributed by atoms with Gasteiger partial charge in [0.2, 0.25) is 0 Å². The van der Waals surface area contributed by atoms with Crippen LogP contribution in [0.3, 0.4) is 0 Å². The summed E-state index contributed by atoms with van der Waals surface area (Å²) in [5.74, 6) is 8.37. The van der Waals surface area contributed by atoms with Crippen molar-refractivity contribution in [3.8, 4) is 0 Å². The molecule has 0 aromatic carbocycles. The van der Waals surface area contributed by atoms with Crippen LogP contribution in [0.1, 0.15) is 192 Å². The smallest absolute Gasteiger partial charge is 0.0518 e. The van der Waals surface area contributed by atoms with Crippen molar-refractivity contribution < 1.29 is 9.47 Å². The van der Waals surface area contributed by atoms with E-state index in [0.29, 0.717) is 47.5 Å². The van der Waals surface area contributed by atoms with Gasteiger partial charge in [-0.3, -0.25) is 0 Å². The molecule has 0 saturated carbocycles. The molecule has 0 atom stereocenters. The summed E-state index contributed by atoms with van der Waals surface area (Å²) in [7, 11) is 0. The van der Waals surface area contributed by atoms with Gasteiger partial charge < -0.3 is 9.47 Å². The second kappa shape index (κ2) is 43.6. The fourth-order valence-corrected chi connectivity index (χ4v) is 3.15. The minimum Gasteiger partial charge on any atom is -0.381 e. The molecule has 0 aliphatic rings. The van der Waals surface area contributed by atoms with Gasteiger partial charge in [0.25, 0.3) is 0 Å². The average molecular weight is 699 g/mol. The van der Waals surface area contributed by atoms with Crippen LogP contribution in [0.2, 0.25) is 0 Å². The lowest BCUT2D eigenvalue weighted by Crippen LogP contribution is -2.08. The highest BCUT2D eigenvalue weighted by Crippen LogP contribution is 2.10. The van der Waals surface area contributed by atoms with E-state index in [4.69, 9.17) is 9.47 Å². The molecular formula is C47H102O2. The maximum absolute atomic E-state index is 5.36. The molecule has 0 aromatic rings. The second-order valence-corrected chi connectivity index (χ2v) is 18.6. The summed E-state index contributed by atoms with van der Waals surface area (Å²) in [5.41, 5.74) is 0. The van der Waals surface area contributed by atoms with E-state index >= 15 is 0 Å². The van der Waals surface area contributed by atoms with Crippen molar-refractivity contribution >= 4 is 0 Å². The average Bonchev–Trinajstić information content (AvgIpc) is 2.93. The Kier molecular flexibility index (Phi) is 53.8. The van der Waals surface area contributed by atoms with Crippen molar-refractivity contribution in [2.75, 3.05) is 19.8 Å². The van der Waals surface area contributed by atoms with E-state index < -0.39 is 0 Å². The lowest BCUT2D eigenvalue weighted by atomic mass is 10.0. The first kappa shape index (κ1) is 60.5. The van der Waals surface area contributed by atoms with Crippen LogP contribution in [0.25, 0.3) is 0 Å². The Balaban J connectivity index is -0.000000113. The van der Waals surface area contributed by atoms with E-state index in [0.717, 1.165) is 43.5 Å². The Hall–Kier alpha value is -0.600. The lowest BCUT2D eigenvalue weighted by Gasteiger charge is -2.08. The molecule has 0 radical (unpaired) electrons. The standard InChI is InChI=1S/C8H18O.2C8H18.2C8H16.C7H16O/c1-7(2)5-9-6-8(3)4;4*1-7(2)5-6-8(3)4;1-6(2)5-8-7(3)4/h7-8H,5-6H2,1-4H3;2*7-8H,5-6H2,1-4H3;2*5-8H,1-4H3;6-7H,5H2,1-4H3/b;;;6-5+;6-5-;. The zero-order valence-electron chi connectivity index (χ0n) is 39.0. The first-order chi connectivity index (χ1) is 22.3. The van der Waals surface area contributed by atoms with Gasteiger partial charge >= 0.3 is 0 Å². The molecule has 0 rings (SSSR count). The molecule has 0 fully saturated rings. The third-order valence-corrected chi connectivity index (χ3v) is 6.07. The van der Waals surface area contributed by atoms with Crippen LogP contribution in [-0.2, 0) is 9.47 Å². The summed E-state index contributed by atoms with van der Waals surface area (Å²) in [6.07, 6.45) is 14.9. The monoisotopic (exact) mass is 699 g/mol. The summed E-state index contributed by atoms with van der Waals surface area (Å²) in [5, 5.41) is 0. The highest BCUT2D eigenvalue weighted by atomic mass is 16.5. The highest BCUT2D eigenvalue weighted by Gasteiger charge is 1.98. The Labute approximate surface area is 315 Å². The third kappa shape index (κ3) is 106. The van der Waals surface area contributed by atoms with E-state index in [1.165, 1.54) is 25.7 Å². The van der Waals surface area contributed by atoms with Gasteiger partial charge in [-0.15, -0.1) is 0 Å². The van der Waals surface area contributed by atoms with E-state index in [-0.39, 0.29) is 0 Å². The topological polar surface area (TPSA) is 18.5 Å². The van der Waals surface area contributed by atoms with Gasteiger partial charge in [0, 0.05) is 19.8 Å². The molecule has 2 heteroatoms. The van der Waals surface area contributed by atoms with Crippen molar-refractivity contribution in [1.82, 2.24) is 0 Å². The summed E-state index contributed by atoms with van der Waals surface area (Å²) in [4.78, 5) is 0. The fraction of sp³-hybridized carbons (Fsp3) is 0.915. The summed E-state index contributed by atoms with van der Waals surface area (Å²) >= 11 is 0. The molecular weight excluding hydrogens is 597 g/mol. The SMILES string of the molecule is CC(C)/C=C/C(C)C.CC(C)/C=C\C(C)C.CC(C)CCC(C)C.CC(C)CCC(C)C.CC(C)COC(C)C.CC(C)COCC(C)C. The number of hydrogen-bond donors (Lipinski definition) is 0. The highest BCUT2D eigenvalue weighted by molar-refractivity contribution is 4.87. The molecule has 0 bridgehead atoms. The molecule has 0 unspecified atom stereocenters. The van der Waals surface area contributed by atoms with E-state index in [1.807, 2.05) is 0 Å². The molecule has 0 N–H and O–H groups in total. The van der Waals surface area contributed by atoms with E-state index in [1.54, 1.807) is 0 Å². The predicted molar refractivity (Wildman–Crippen MR) is 232 cm³/mol. The van der Waals surface area contributed by atoms with Crippen LogP contribution < -0.4 is 0 Å². The van der Waals surface area contributed by atoms with Crippen molar-refractivity contribution in [2.24, 2.45) is 65.1 Å². The van der Waals surface area contributed by atoms with Gasteiger partial charge in [-0.05, 0) is 78.9 Å². The first-order valence-corrected chi connectivity index (χ1v) is 20.8. The third-order valence-electron chi connectivity index (χ3n) is 6.07. The summed E-state index contributed by atoms with van der Waals surface area (Å²) < 4.78 is 10.7. The largest absolute Gasteiger partial charge is 0.381 e. The number of hydrogen-bond acceptors (Lipinski definition) is 2. The summed E-state index contributed by atoms with van der Waals surface area (Å²) in [6.45, 7) is 55.6. The number of allylic oxidation sites excluding steroid dienone is 4. The van der Waals surface area contributed by atoms with Crippen molar-refractivity contribution in [3.05, 3.63) is 24.3 Å². The summed E-state index contributed by atoms with van der Waals surface area (Å²) in [6, 6.07) is 0. The lowest BCUT2D eigenvalue weighted by molar-refractivity contribution is 0.0593. The van der Waals surface area contributed by atoms with E-state index in [9.17, 15) is 0 Å². The Morgan fingerprint density at radius 1 is 0.286 bits per heavy atom. The predicted octanol–water partition coefficient (Wildman–Crippen LogP) is 16.2. The molecule has 0 aliphatic carbocycles.